The van der Waals surface area contributed by atoms with Gasteiger partial charge in [0.15, 0.2) is 11.5 Å². The van der Waals surface area contributed by atoms with E-state index >= 15 is 0 Å². The van der Waals surface area contributed by atoms with Gasteiger partial charge in [0.05, 0.1) is 17.8 Å². The van der Waals surface area contributed by atoms with Gasteiger partial charge in [-0.2, -0.15) is 0 Å². The average molecular weight is 350 g/mol. The first-order valence-corrected chi connectivity index (χ1v) is 7.19. The number of rotatable bonds is 4. The van der Waals surface area contributed by atoms with Crippen LogP contribution in [0.2, 0.25) is 5.02 Å². The Labute approximate surface area is 141 Å². The van der Waals surface area contributed by atoms with Gasteiger partial charge in [0.1, 0.15) is 11.3 Å². The Balaban J connectivity index is 1.88. The molecule has 0 saturated carbocycles. The van der Waals surface area contributed by atoms with Crippen LogP contribution in [0.1, 0.15) is 20.7 Å². The third kappa shape index (κ3) is 2.93. The topological polar surface area (TPSA) is 94.1 Å². The fraction of sp³-hybridized carbons (Fsp3) is 0.125. The molecule has 3 rings (SSSR count). The summed E-state index contributed by atoms with van der Waals surface area (Å²) >= 11 is 6.05. The van der Waals surface area contributed by atoms with Gasteiger partial charge in [-0.05, 0) is 24.3 Å². The highest BCUT2D eigenvalue weighted by Gasteiger charge is 2.19. The predicted octanol–water partition coefficient (Wildman–Crippen LogP) is 3.03. The molecule has 0 fully saturated rings. The van der Waals surface area contributed by atoms with Gasteiger partial charge in [0, 0.05) is 11.6 Å². The highest BCUT2D eigenvalue weighted by Crippen LogP contribution is 2.34. The first kappa shape index (κ1) is 15.9. The number of halogens is 1. The van der Waals surface area contributed by atoms with E-state index < -0.39 is 11.9 Å². The van der Waals surface area contributed by atoms with E-state index in [9.17, 15) is 9.59 Å². The van der Waals surface area contributed by atoms with E-state index in [2.05, 4.69) is 5.32 Å². The van der Waals surface area contributed by atoms with Crippen LogP contribution in [0.4, 0.5) is 5.69 Å². The summed E-state index contributed by atoms with van der Waals surface area (Å²) < 4.78 is 15.4. The average Bonchev–Trinajstić information content (AvgIpc) is 3.03. The first-order chi connectivity index (χ1) is 11.5. The molecular formula is C16H12ClNO6. The zero-order chi connectivity index (χ0) is 17.3. The molecule has 124 valence electrons. The minimum Gasteiger partial charge on any atom is -0.496 e. The smallest absolute Gasteiger partial charge is 0.339 e. The predicted molar refractivity (Wildman–Crippen MR) is 85.5 cm³/mol. The number of anilines is 1. The fourth-order valence-corrected chi connectivity index (χ4v) is 2.43. The minimum absolute atomic E-state index is 0.0855. The lowest BCUT2D eigenvalue weighted by Crippen LogP contribution is -2.13. The van der Waals surface area contributed by atoms with Crippen molar-refractivity contribution in [3.8, 4) is 17.2 Å². The van der Waals surface area contributed by atoms with E-state index in [1.54, 1.807) is 18.2 Å². The monoisotopic (exact) mass is 349 g/mol. The number of aromatic carboxylic acids is 1. The maximum atomic E-state index is 12.4. The van der Waals surface area contributed by atoms with Crippen molar-refractivity contribution in [3.63, 3.8) is 0 Å². The van der Waals surface area contributed by atoms with Crippen LogP contribution in [0.5, 0.6) is 17.2 Å². The van der Waals surface area contributed by atoms with E-state index in [1.807, 2.05) is 0 Å². The standard InChI is InChI=1S/C16H12ClNO6/c1-22-13-6-11(10(17)5-9(13)16(20)21)18-15(19)8-2-3-12-14(4-8)24-7-23-12/h2-6H,7H2,1H3,(H,18,19)(H,20,21). The highest BCUT2D eigenvalue weighted by molar-refractivity contribution is 6.34. The molecule has 1 heterocycles. The van der Waals surface area contributed by atoms with Gasteiger partial charge < -0.3 is 24.6 Å². The zero-order valence-corrected chi connectivity index (χ0v) is 13.2. The molecule has 2 aromatic rings. The molecule has 2 aromatic carbocycles. The van der Waals surface area contributed by atoms with Crippen LogP contribution in [0.3, 0.4) is 0 Å². The van der Waals surface area contributed by atoms with Crippen molar-refractivity contribution < 1.29 is 28.9 Å². The number of benzene rings is 2. The molecule has 1 aliphatic rings. The van der Waals surface area contributed by atoms with E-state index in [0.29, 0.717) is 17.1 Å². The molecule has 0 atom stereocenters. The van der Waals surface area contributed by atoms with Crippen molar-refractivity contribution in [2.45, 2.75) is 0 Å². The van der Waals surface area contributed by atoms with Crippen molar-refractivity contribution in [2.24, 2.45) is 0 Å². The number of carboxylic acid groups (broad SMARTS) is 1. The Kier molecular flexibility index (Phi) is 4.18. The molecule has 0 aromatic heterocycles. The minimum atomic E-state index is -1.18. The number of nitrogens with one attached hydrogen (secondary N) is 1. The molecule has 7 nitrogen and oxygen atoms in total. The number of fused-ring (bicyclic) bond motifs is 1. The molecule has 2 N–H and O–H groups in total. The van der Waals surface area contributed by atoms with Gasteiger partial charge in [0.25, 0.3) is 5.91 Å². The van der Waals surface area contributed by atoms with E-state index in [-0.39, 0.29) is 28.8 Å². The molecule has 0 bridgehead atoms. The number of carbonyl (C=O) groups excluding carboxylic acids is 1. The fourth-order valence-electron chi connectivity index (χ4n) is 2.22. The Morgan fingerprint density at radius 2 is 1.96 bits per heavy atom. The molecular weight excluding hydrogens is 338 g/mol. The van der Waals surface area contributed by atoms with Gasteiger partial charge in [0.2, 0.25) is 6.79 Å². The summed E-state index contributed by atoms with van der Waals surface area (Å²) in [7, 11) is 1.33. The van der Waals surface area contributed by atoms with Crippen molar-refractivity contribution in [2.75, 3.05) is 19.2 Å². The molecule has 0 unspecified atom stereocenters. The van der Waals surface area contributed by atoms with Crippen LogP contribution in [-0.2, 0) is 0 Å². The molecule has 0 spiro atoms. The lowest BCUT2D eigenvalue weighted by Gasteiger charge is -2.12. The maximum Gasteiger partial charge on any atom is 0.339 e. The normalized spacial score (nSPS) is 11.9. The van der Waals surface area contributed by atoms with Crippen LogP contribution in [0.25, 0.3) is 0 Å². The number of hydrogen-bond donors (Lipinski definition) is 2. The summed E-state index contributed by atoms with van der Waals surface area (Å²) in [5, 5.41) is 11.8. The number of methoxy groups -OCH3 is 1. The number of hydrogen-bond acceptors (Lipinski definition) is 5. The van der Waals surface area contributed by atoms with Crippen LogP contribution in [0, 0.1) is 0 Å². The maximum absolute atomic E-state index is 12.4. The van der Waals surface area contributed by atoms with Crippen LogP contribution >= 0.6 is 11.6 Å². The van der Waals surface area contributed by atoms with Gasteiger partial charge >= 0.3 is 5.97 Å². The van der Waals surface area contributed by atoms with E-state index in [4.69, 9.17) is 30.9 Å². The summed E-state index contributed by atoms with van der Waals surface area (Å²) in [5.41, 5.74) is 0.487. The molecule has 0 radical (unpaired) electrons. The van der Waals surface area contributed by atoms with E-state index in [1.165, 1.54) is 19.2 Å². The molecule has 24 heavy (non-hydrogen) atoms. The SMILES string of the molecule is COc1cc(NC(=O)c2ccc3c(c2)OCO3)c(Cl)cc1C(=O)O. The Morgan fingerprint density at radius 3 is 2.67 bits per heavy atom. The second-order valence-electron chi connectivity index (χ2n) is 4.86. The lowest BCUT2D eigenvalue weighted by molar-refractivity contribution is 0.0693. The summed E-state index contributed by atoms with van der Waals surface area (Å²) in [6.45, 7) is 0.111. The number of carbonyl (C=O) groups is 2. The van der Waals surface area contributed by atoms with Crippen LogP contribution in [0.15, 0.2) is 30.3 Å². The Morgan fingerprint density at radius 1 is 1.21 bits per heavy atom. The number of ether oxygens (including phenoxy) is 3. The van der Waals surface area contributed by atoms with Gasteiger partial charge in [-0.15, -0.1) is 0 Å². The van der Waals surface area contributed by atoms with Crippen LogP contribution in [-0.4, -0.2) is 30.9 Å². The number of carboxylic acids is 1. The number of amides is 1. The molecule has 0 saturated heterocycles. The molecule has 1 amide bonds. The van der Waals surface area contributed by atoms with Crippen molar-refractivity contribution in [1.82, 2.24) is 0 Å². The van der Waals surface area contributed by atoms with E-state index in [0.717, 1.165) is 0 Å². The second kappa shape index (κ2) is 6.29. The Hall–Kier alpha value is -2.93. The molecule has 1 aliphatic heterocycles. The zero-order valence-electron chi connectivity index (χ0n) is 12.5. The highest BCUT2D eigenvalue weighted by atomic mass is 35.5. The lowest BCUT2D eigenvalue weighted by atomic mass is 10.1. The third-order valence-electron chi connectivity index (χ3n) is 3.40. The summed E-state index contributed by atoms with van der Waals surface area (Å²) in [6, 6.07) is 7.34. The second-order valence-corrected chi connectivity index (χ2v) is 5.27. The first-order valence-electron chi connectivity index (χ1n) is 6.81. The molecule has 8 heteroatoms. The van der Waals surface area contributed by atoms with Crippen molar-refractivity contribution >= 4 is 29.2 Å². The van der Waals surface area contributed by atoms with Gasteiger partial charge in [-0.25, -0.2) is 4.79 Å². The van der Waals surface area contributed by atoms with Gasteiger partial charge in [-0.1, -0.05) is 11.6 Å². The largest absolute Gasteiger partial charge is 0.496 e. The summed E-state index contributed by atoms with van der Waals surface area (Å²) in [5.74, 6) is -0.472. The Bertz CT molecular complexity index is 836. The van der Waals surface area contributed by atoms with Crippen molar-refractivity contribution in [1.29, 1.82) is 0 Å². The van der Waals surface area contributed by atoms with Crippen LogP contribution < -0.4 is 19.5 Å². The molecule has 0 aliphatic carbocycles. The summed E-state index contributed by atoms with van der Waals surface area (Å²) in [4.78, 5) is 23.5. The third-order valence-corrected chi connectivity index (χ3v) is 3.72. The quantitative estimate of drug-likeness (QED) is 0.881. The van der Waals surface area contributed by atoms with Crippen molar-refractivity contribution in [3.05, 3.63) is 46.5 Å². The summed E-state index contributed by atoms with van der Waals surface area (Å²) in [6.07, 6.45) is 0. The van der Waals surface area contributed by atoms with Gasteiger partial charge in [-0.3, -0.25) is 4.79 Å².